The fourth-order valence-corrected chi connectivity index (χ4v) is 2.02. The van der Waals surface area contributed by atoms with Crippen LogP contribution in [-0.4, -0.2) is 4.98 Å². The standard InChI is InChI=1S/C11H14N4O/c1-5(2)8-7(4-12)10(13)15-11-9(8)14-6(3)16-11/h5,8,15H,13H2,1-3H3/t8-/m0/s1. The minimum absolute atomic E-state index is 0.0845. The summed E-state index contributed by atoms with van der Waals surface area (Å²) in [7, 11) is 0. The third-order valence-corrected chi connectivity index (χ3v) is 2.69. The quantitative estimate of drug-likeness (QED) is 0.750. The summed E-state index contributed by atoms with van der Waals surface area (Å²) >= 11 is 0. The van der Waals surface area contributed by atoms with Crippen LogP contribution in [0.5, 0.6) is 0 Å². The Morgan fingerprint density at radius 3 is 2.81 bits per heavy atom. The van der Waals surface area contributed by atoms with Gasteiger partial charge in [0.1, 0.15) is 11.5 Å². The first-order chi connectivity index (χ1) is 7.54. The lowest BCUT2D eigenvalue weighted by atomic mass is 9.84. The van der Waals surface area contributed by atoms with E-state index in [-0.39, 0.29) is 11.8 Å². The molecule has 0 saturated carbocycles. The number of anilines is 1. The van der Waals surface area contributed by atoms with Gasteiger partial charge in [-0.2, -0.15) is 5.26 Å². The van der Waals surface area contributed by atoms with E-state index in [9.17, 15) is 0 Å². The average molecular weight is 218 g/mol. The number of hydrogen-bond donors (Lipinski definition) is 2. The number of nitrogens with one attached hydrogen (secondary N) is 1. The van der Waals surface area contributed by atoms with E-state index in [0.717, 1.165) is 5.69 Å². The molecule has 2 heterocycles. The van der Waals surface area contributed by atoms with Crippen LogP contribution in [0.1, 0.15) is 31.4 Å². The van der Waals surface area contributed by atoms with Gasteiger partial charge in [0.05, 0.1) is 11.6 Å². The van der Waals surface area contributed by atoms with Crippen LogP contribution in [0.2, 0.25) is 0 Å². The number of oxazole rings is 1. The van der Waals surface area contributed by atoms with Gasteiger partial charge in [0.25, 0.3) is 0 Å². The average Bonchev–Trinajstić information content (AvgIpc) is 2.55. The minimum Gasteiger partial charge on any atom is -0.425 e. The predicted octanol–water partition coefficient (Wildman–Crippen LogP) is 1.84. The second kappa shape index (κ2) is 3.56. The number of fused-ring (bicyclic) bond motifs is 1. The lowest BCUT2D eigenvalue weighted by molar-refractivity contribution is 0.520. The van der Waals surface area contributed by atoms with Gasteiger partial charge < -0.3 is 15.5 Å². The molecule has 0 unspecified atom stereocenters. The molecule has 0 aliphatic carbocycles. The number of nitrogens with zero attached hydrogens (tertiary/aromatic N) is 2. The molecule has 0 spiro atoms. The van der Waals surface area contributed by atoms with Crippen molar-refractivity contribution in [2.75, 3.05) is 5.32 Å². The maximum absolute atomic E-state index is 9.13. The molecular formula is C11H14N4O. The number of hydrogen-bond acceptors (Lipinski definition) is 5. The van der Waals surface area contributed by atoms with E-state index in [4.69, 9.17) is 15.4 Å². The largest absolute Gasteiger partial charge is 0.425 e. The first-order valence-corrected chi connectivity index (χ1v) is 5.18. The van der Waals surface area contributed by atoms with Crippen LogP contribution in [-0.2, 0) is 0 Å². The van der Waals surface area contributed by atoms with Crippen molar-refractivity contribution in [3.63, 3.8) is 0 Å². The van der Waals surface area contributed by atoms with Gasteiger partial charge in [0.2, 0.25) is 5.88 Å². The van der Waals surface area contributed by atoms with Gasteiger partial charge in [-0.3, -0.25) is 0 Å². The lowest BCUT2D eigenvalue weighted by Crippen LogP contribution is -2.24. The highest BCUT2D eigenvalue weighted by Gasteiger charge is 2.33. The molecule has 1 aromatic rings. The third kappa shape index (κ3) is 1.43. The predicted molar refractivity (Wildman–Crippen MR) is 59.3 cm³/mol. The zero-order valence-corrected chi connectivity index (χ0v) is 9.53. The first-order valence-electron chi connectivity index (χ1n) is 5.18. The number of nitrogens with two attached hydrogens (primary N) is 1. The molecule has 0 saturated heterocycles. The highest BCUT2D eigenvalue weighted by Crippen LogP contribution is 2.40. The number of aromatic nitrogens is 1. The van der Waals surface area contributed by atoms with E-state index in [1.165, 1.54) is 0 Å². The number of rotatable bonds is 1. The highest BCUT2D eigenvalue weighted by atomic mass is 16.4. The fourth-order valence-electron chi connectivity index (χ4n) is 2.02. The van der Waals surface area contributed by atoms with Crippen LogP contribution in [0, 0.1) is 24.2 Å². The normalized spacial score (nSPS) is 19.3. The molecule has 0 bridgehead atoms. The maximum Gasteiger partial charge on any atom is 0.223 e. The van der Waals surface area contributed by atoms with Crippen LogP contribution < -0.4 is 11.1 Å². The van der Waals surface area contributed by atoms with Crippen LogP contribution in [0.25, 0.3) is 0 Å². The van der Waals surface area contributed by atoms with Gasteiger partial charge in [0, 0.05) is 12.8 Å². The summed E-state index contributed by atoms with van der Waals surface area (Å²) in [6, 6.07) is 2.15. The molecule has 0 fully saturated rings. The van der Waals surface area contributed by atoms with E-state index in [2.05, 4.69) is 16.4 Å². The van der Waals surface area contributed by atoms with Crippen molar-refractivity contribution in [3.05, 3.63) is 23.0 Å². The molecule has 0 radical (unpaired) electrons. The SMILES string of the molecule is Cc1nc2c(o1)NC(N)=C(C#N)[C@@H]2C(C)C. The summed E-state index contributed by atoms with van der Waals surface area (Å²) in [6.45, 7) is 5.85. The lowest BCUT2D eigenvalue weighted by Gasteiger charge is -2.24. The van der Waals surface area contributed by atoms with Crippen molar-refractivity contribution in [2.24, 2.45) is 11.7 Å². The Labute approximate surface area is 94.0 Å². The van der Waals surface area contributed by atoms with Crippen LogP contribution >= 0.6 is 0 Å². The number of allylic oxidation sites excluding steroid dienone is 1. The van der Waals surface area contributed by atoms with Gasteiger partial charge >= 0.3 is 0 Å². The van der Waals surface area contributed by atoms with Crippen molar-refractivity contribution < 1.29 is 4.42 Å². The molecule has 5 heteroatoms. The van der Waals surface area contributed by atoms with E-state index in [1.807, 2.05) is 13.8 Å². The van der Waals surface area contributed by atoms with Gasteiger partial charge in [0.15, 0.2) is 5.89 Å². The van der Waals surface area contributed by atoms with Crippen molar-refractivity contribution >= 4 is 5.88 Å². The molecule has 0 amide bonds. The molecule has 1 aromatic heterocycles. The van der Waals surface area contributed by atoms with E-state index in [1.54, 1.807) is 6.92 Å². The second-order valence-electron chi connectivity index (χ2n) is 4.23. The second-order valence-corrected chi connectivity index (χ2v) is 4.23. The van der Waals surface area contributed by atoms with Gasteiger partial charge in [-0.05, 0) is 5.92 Å². The van der Waals surface area contributed by atoms with Gasteiger partial charge in [-0.1, -0.05) is 13.8 Å². The fraction of sp³-hybridized carbons (Fsp3) is 0.455. The summed E-state index contributed by atoms with van der Waals surface area (Å²) in [5.74, 6) is 1.67. The Balaban J connectivity index is 2.57. The van der Waals surface area contributed by atoms with Crippen LogP contribution in [0.3, 0.4) is 0 Å². The Hall–Kier alpha value is -1.96. The van der Waals surface area contributed by atoms with E-state index >= 15 is 0 Å². The minimum atomic E-state index is -0.0845. The molecule has 0 aromatic carbocycles. The summed E-state index contributed by atoms with van der Waals surface area (Å²) < 4.78 is 5.40. The molecular weight excluding hydrogens is 204 g/mol. The molecule has 1 aliphatic rings. The van der Waals surface area contributed by atoms with Gasteiger partial charge in [-0.15, -0.1) is 0 Å². The summed E-state index contributed by atoms with van der Waals surface area (Å²) in [6.07, 6.45) is 0. The molecule has 5 nitrogen and oxygen atoms in total. The van der Waals surface area contributed by atoms with Crippen molar-refractivity contribution in [2.45, 2.75) is 26.7 Å². The monoisotopic (exact) mass is 218 g/mol. The zero-order valence-electron chi connectivity index (χ0n) is 9.53. The summed E-state index contributed by atoms with van der Waals surface area (Å²) in [5, 5.41) is 12.0. The van der Waals surface area contributed by atoms with Crippen molar-refractivity contribution in [1.82, 2.24) is 4.98 Å². The Morgan fingerprint density at radius 2 is 2.25 bits per heavy atom. The van der Waals surface area contributed by atoms with Crippen molar-refractivity contribution in [1.29, 1.82) is 5.26 Å². The Morgan fingerprint density at radius 1 is 1.56 bits per heavy atom. The number of nitriles is 1. The number of aryl methyl sites for hydroxylation is 1. The topological polar surface area (TPSA) is 87.9 Å². The Kier molecular flexibility index (Phi) is 2.35. The van der Waals surface area contributed by atoms with Crippen LogP contribution in [0.4, 0.5) is 5.88 Å². The van der Waals surface area contributed by atoms with Crippen molar-refractivity contribution in [3.8, 4) is 6.07 Å². The summed E-state index contributed by atoms with van der Waals surface area (Å²) in [5.41, 5.74) is 7.11. The summed E-state index contributed by atoms with van der Waals surface area (Å²) in [4.78, 5) is 4.32. The first kappa shape index (κ1) is 10.6. The van der Waals surface area contributed by atoms with E-state index < -0.39 is 0 Å². The maximum atomic E-state index is 9.13. The smallest absolute Gasteiger partial charge is 0.223 e. The van der Waals surface area contributed by atoms with Gasteiger partial charge in [-0.25, -0.2) is 4.98 Å². The third-order valence-electron chi connectivity index (χ3n) is 2.69. The zero-order chi connectivity index (χ0) is 11.9. The molecule has 2 rings (SSSR count). The molecule has 1 atom stereocenters. The van der Waals surface area contributed by atoms with E-state index in [0.29, 0.717) is 23.2 Å². The highest BCUT2D eigenvalue weighted by molar-refractivity contribution is 5.57. The molecule has 16 heavy (non-hydrogen) atoms. The molecule has 1 aliphatic heterocycles. The molecule has 3 N–H and O–H groups in total. The van der Waals surface area contributed by atoms with Crippen LogP contribution in [0.15, 0.2) is 15.8 Å². The Bertz CT molecular complexity index is 493. The molecule has 84 valence electrons.